The number of fused-ring (bicyclic) bond motifs is 1. The van der Waals surface area contributed by atoms with Gasteiger partial charge in [-0.25, -0.2) is 4.79 Å². The number of hydrogen-bond donors (Lipinski definition) is 0. The van der Waals surface area contributed by atoms with Crippen LogP contribution in [0.5, 0.6) is 0 Å². The van der Waals surface area contributed by atoms with Gasteiger partial charge in [0.15, 0.2) is 5.79 Å². The third-order valence-corrected chi connectivity index (χ3v) is 3.16. The van der Waals surface area contributed by atoms with E-state index >= 15 is 0 Å². The molecule has 2 rings (SSSR count). The summed E-state index contributed by atoms with van der Waals surface area (Å²) in [5.41, 5.74) is -0.512. The molecular weight excluding hydrogens is 246 g/mol. The standard InChI is InChI=1S/C14H23NO4/c1-7-9-11-10(17-14(5,6)18-11)8-15(9)12(16)19-13(2,3)4/h7,9-11H,1,8H2,2-6H3/t9-,10-,11+/m1/s1. The summed E-state index contributed by atoms with van der Waals surface area (Å²) in [6, 6.07) is -0.207. The third-order valence-electron chi connectivity index (χ3n) is 3.16. The van der Waals surface area contributed by atoms with Gasteiger partial charge in [-0.15, -0.1) is 6.58 Å². The molecule has 0 radical (unpaired) electrons. The molecule has 0 N–H and O–H groups in total. The van der Waals surface area contributed by atoms with Crippen molar-refractivity contribution in [3.05, 3.63) is 12.7 Å². The van der Waals surface area contributed by atoms with Crippen LogP contribution in [0.1, 0.15) is 34.6 Å². The molecule has 0 aromatic heterocycles. The highest BCUT2D eigenvalue weighted by molar-refractivity contribution is 5.69. The lowest BCUT2D eigenvalue weighted by Crippen LogP contribution is -2.43. The fourth-order valence-corrected chi connectivity index (χ4v) is 2.56. The van der Waals surface area contributed by atoms with Gasteiger partial charge in [-0.05, 0) is 34.6 Å². The Morgan fingerprint density at radius 2 is 2.05 bits per heavy atom. The number of likely N-dealkylation sites (tertiary alicyclic amines) is 1. The second kappa shape index (κ2) is 4.49. The second-order valence-corrected chi connectivity index (χ2v) is 6.50. The summed E-state index contributed by atoms with van der Waals surface area (Å²) in [5.74, 6) is -0.601. The first kappa shape index (κ1) is 14.3. The molecule has 2 saturated heterocycles. The summed E-state index contributed by atoms with van der Waals surface area (Å²) in [4.78, 5) is 13.8. The summed E-state index contributed by atoms with van der Waals surface area (Å²) in [7, 11) is 0. The van der Waals surface area contributed by atoms with Gasteiger partial charge in [0.25, 0.3) is 0 Å². The Bertz CT molecular complexity index is 385. The van der Waals surface area contributed by atoms with Crippen molar-refractivity contribution in [1.29, 1.82) is 0 Å². The van der Waals surface area contributed by atoms with Crippen molar-refractivity contribution in [3.8, 4) is 0 Å². The summed E-state index contributed by atoms with van der Waals surface area (Å²) in [6.45, 7) is 13.6. The molecule has 2 heterocycles. The zero-order chi connectivity index (χ0) is 14.4. The maximum absolute atomic E-state index is 12.2. The van der Waals surface area contributed by atoms with Crippen molar-refractivity contribution in [2.75, 3.05) is 6.54 Å². The number of carbonyl (C=O) groups excluding carboxylic acids is 1. The van der Waals surface area contributed by atoms with E-state index in [9.17, 15) is 4.79 Å². The van der Waals surface area contributed by atoms with E-state index in [4.69, 9.17) is 14.2 Å². The van der Waals surface area contributed by atoms with E-state index in [-0.39, 0.29) is 24.3 Å². The van der Waals surface area contributed by atoms with Crippen molar-refractivity contribution in [1.82, 2.24) is 4.90 Å². The van der Waals surface area contributed by atoms with Gasteiger partial charge in [-0.3, -0.25) is 4.90 Å². The van der Waals surface area contributed by atoms with Crippen LogP contribution in [0.2, 0.25) is 0 Å². The topological polar surface area (TPSA) is 48.0 Å². The number of amides is 1. The Labute approximate surface area is 114 Å². The molecule has 5 nitrogen and oxygen atoms in total. The molecule has 19 heavy (non-hydrogen) atoms. The molecule has 0 aliphatic carbocycles. The number of ether oxygens (including phenoxy) is 3. The van der Waals surface area contributed by atoms with Gasteiger partial charge in [0.2, 0.25) is 0 Å². The van der Waals surface area contributed by atoms with Crippen LogP contribution in [0.4, 0.5) is 4.79 Å². The highest BCUT2D eigenvalue weighted by atomic mass is 16.8. The summed E-state index contributed by atoms with van der Waals surface area (Å²) in [5, 5.41) is 0. The van der Waals surface area contributed by atoms with Gasteiger partial charge in [0.1, 0.15) is 17.8 Å². The first-order chi connectivity index (χ1) is 8.63. The average Bonchev–Trinajstić information content (AvgIpc) is 2.66. The van der Waals surface area contributed by atoms with Gasteiger partial charge in [0, 0.05) is 0 Å². The molecule has 108 valence electrons. The van der Waals surface area contributed by atoms with Crippen molar-refractivity contribution in [2.45, 2.75) is 64.3 Å². The van der Waals surface area contributed by atoms with Crippen LogP contribution in [0.3, 0.4) is 0 Å². The third kappa shape index (κ3) is 2.92. The summed E-state index contributed by atoms with van der Waals surface area (Å²) in [6.07, 6.45) is 1.08. The van der Waals surface area contributed by atoms with E-state index in [0.717, 1.165) is 0 Å². The van der Waals surface area contributed by atoms with Gasteiger partial charge < -0.3 is 14.2 Å². The summed E-state index contributed by atoms with van der Waals surface area (Å²) < 4.78 is 17.0. The largest absolute Gasteiger partial charge is 0.444 e. The average molecular weight is 269 g/mol. The number of carbonyl (C=O) groups is 1. The second-order valence-electron chi connectivity index (χ2n) is 6.50. The molecule has 3 atom stereocenters. The van der Waals surface area contributed by atoms with Crippen LogP contribution >= 0.6 is 0 Å². The van der Waals surface area contributed by atoms with E-state index in [1.165, 1.54) is 0 Å². The van der Waals surface area contributed by atoms with Gasteiger partial charge in [-0.2, -0.15) is 0 Å². The first-order valence-corrected chi connectivity index (χ1v) is 6.61. The molecule has 5 heteroatoms. The van der Waals surface area contributed by atoms with Crippen LogP contribution < -0.4 is 0 Å². The Balaban J connectivity index is 2.10. The molecule has 0 aromatic rings. The van der Waals surface area contributed by atoms with E-state index in [1.54, 1.807) is 11.0 Å². The Hall–Kier alpha value is -1.07. The predicted molar refractivity (Wildman–Crippen MR) is 70.8 cm³/mol. The lowest BCUT2D eigenvalue weighted by molar-refractivity contribution is -0.158. The monoisotopic (exact) mass is 269 g/mol. The van der Waals surface area contributed by atoms with E-state index in [0.29, 0.717) is 6.54 Å². The van der Waals surface area contributed by atoms with E-state index < -0.39 is 11.4 Å². The summed E-state index contributed by atoms with van der Waals surface area (Å²) >= 11 is 0. The first-order valence-electron chi connectivity index (χ1n) is 6.61. The Kier molecular flexibility index (Phi) is 3.39. The predicted octanol–water partition coefficient (Wildman–Crippen LogP) is 2.31. The van der Waals surface area contributed by atoms with E-state index in [1.807, 2.05) is 34.6 Å². The highest BCUT2D eigenvalue weighted by Gasteiger charge is 2.53. The zero-order valence-corrected chi connectivity index (χ0v) is 12.3. The molecule has 0 spiro atoms. The normalized spacial score (nSPS) is 33.1. The smallest absolute Gasteiger partial charge is 0.410 e. The molecule has 0 unspecified atom stereocenters. The quantitative estimate of drug-likeness (QED) is 0.685. The fraction of sp³-hybridized carbons (Fsp3) is 0.786. The van der Waals surface area contributed by atoms with Gasteiger partial charge in [0.05, 0.1) is 12.6 Å². The SMILES string of the molecule is C=C[C@@H]1[C@@H]2OC(C)(C)O[C@@H]2CN1C(=O)OC(C)(C)C. The lowest BCUT2D eigenvalue weighted by Gasteiger charge is -2.30. The minimum absolute atomic E-state index is 0.120. The zero-order valence-electron chi connectivity index (χ0n) is 12.3. The van der Waals surface area contributed by atoms with Crippen LogP contribution in [0.15, 0.2) is 12.7 Å². The molecule has 1 amide bonds. The molecule has 2 aliphatic rings. The van der Waals surface area contributed by atoms with Crippen molar-refractivity contribution in [3.63, 3.8) is 0 Å². The van der Waals surface area contributed by atoms with Crippen LogP contribution in [-0.2, 0) is 14.2 Å². The fourth-order valence-electron chi connectivity index (χ4n) is 2.56. The molecule has 0 saturated carbocycles. The van der Waals surface area contributed by atoms with Crippen LogP contribution in [0.25, 0.3) is 0 Å². The Morgan fingerprint density at radius 1 is 1.42 bits per heavy atom. The molecule has 2 fully saturated rings. The maximum Gasteiger partial charge on any atom is 0.410 e. The van der Waals surface area contributed by atoms with Crippen LogP contribution in [0, 0.1) is 0 Å². The maximum atomic E-state index is 12.2. The molecule has 0 bridgehead atoms. The number of rotatable bonds is 1. The molecule has 0 aromatic carbocycles. The van der Waals surface area contributed by atoms with Crippen molar-refractivity contribution in [2.24, 2.45) is 0 Å². The number of nitrogens with zero attached hydrogens (tertiary/aromatic N) is 1. The van der Waals surface area contributed by atoms with E-state index in [2.05, 4.69) is 6.58 Å². The van der Waals surface area contributed by atoms with Gasteiger partial charge in [-0.1, -0.05) is 6.08 Å². The molecular formula is C14H23NO4. The lowest BCUT2D eigenvalue weighted by atomic mass is 10.1. The molecule has 2 aliphatic heterocycles. The van der Waals surface area contributed by atoms with Gasteiger partial charge >= 0.3 is 6.09 Å². The minimum Gasteiger partial charge on any atom is -0.444 e. The van der Waals surface area contributed by atoms with Crippen LogP contribution in [-0.4, -0.2) is 47.2 Å². The number of hydrogen-bond acceptors (Lipinski definition) is 4. The van der Waals surface area contributed by atoms with Crippen molar-refractivity contribution < 1.29 is 19.0 Å². The Morgan fingerprint density at radius 3 is 2.58 bits per heavy atom. The highest BCUT2D eigenvalue weighted by Crippen LogP contribution is 2.37. The van der Waals surface area contributed by atoms with Crippen molar-refractivity contribution >= 4 is 6.09 Å². The minimum atomic E-state index is -0.601.